The van der Waals surface area contributed by atoms with Crippen LogP contribution in [0.25, 0.3) is 22.2 Å². The van der Waals surface area contributed by atoms with Crippen LogP contribution in [0.3, 0.4) is 0 Å². The summed E-state index contributed by atoms with van der Waals surface area (Å²) in [4.78, 5) is 16.8. The Morgan fingerprint density at radius 1 is 1.00 bits per heavy atom. The van der Waals surface area contributed by atoms with Gasteiger partial charge in [-0.3, -0.25) is 15.1 Å². The van der Waals surface area contributed by atoms with Crippen molar-refractivity contribution < 1.29 is 9.21 Å². The molecule has 0 saturated carbocycles. The number of carbonyl (C=O) groups is 1. The molecule has 0 aliphatic rings. The second kappa shape index (κ2) is 8.21. The predicted molar refractivity (Wildman–Crippen MR) is 120 cm³/mol. The Morgan fingerprint density at radius 2 is 1.83 bits per heavy atom. The van der Waals surface area contributed by atoms with Crippen molar-refractivity contribution in [2.45, 2.75) is 0 Å². The molecule has 2 aromatic heterocycles. The fourth-order valence-corrected chi connectivity index (χ4v) is 3.29. The molecule has 4 aromatic rings. The number of aromatic nitrogens is 1. The number of hydrogen-bond acceptors (Lipinski definition) is 4. The zero-order valence-electron chi connectivity index (χ0n) is 14.8. The molecule has 8 heteroatoms. The van der Waals surface area contributed by atoms with Gasteiger partial charge in [0.2, 0.25) is 0 Å². The van der Waals surface area contributed by atoms with Crippen LogP contribution < -0.4 is 10.6 Å². The molecule has 5 nitrogen and oxygen atoms in total. The Labute approximate surface area is 181 Å². The van der Waals surface area contributed by atoms with Gasteiger partial charge in [0.25, 0.3) is 5.91 Å². The number of hydrogen-bond donors (Lipinski definition) is 2. The Kier molecular flexibility index (Phi) is 5.49. The molecular weight excluding hydrogens is 429 g/mol. The van der Waals surface area contributed by atoms with Gasteiger partial charge in [-0.15, -0.1) is 0 Å². The minimum absolute atomic E-state index is 0.117. The number of anilines is 1. The van der Waals surface area contributed by atoms with Crippen LogP contribution in [0.2, 0.25) is 10.0 Å². The van der Waals surface area contributed by atoms with Crippen LogP contribution in [0.4, 0.5) is 5.69 Å². The molecule has 29 heavy (non-hydrogen) atoms. The number of para-hydroxylation sites is 1. The molecule has 2 aromatic carbocycles. The molecule has 2 N–H and O–H groups in total. The Bertz CT molecular complexity index is 1230. The molecule has 0 aliphatic heterocycles. The fraction of sp³-hybridized carbons (Fsp3) is 0. The van der Waals surface area contributed by atoms with Gasteiger partial charge in [0.05, 0.1) is 21.2 Å². The number of amides is 1. The summed E-state index contributed by atoms with van der Waals surface area (Å²) in [6.45, 7) is 0. The minimum atomic E-state index is -0.470. The van der Waals surface area contributed by atoms with Crippen LogP contribution >= 0.6 is 35.4 Å². The van der Waals surface area contributed by atoms with E-state index in [1.165, 1.54) is 0 Å². The number of pyridine rings is 1. The third-order valence-electron chi connectivity index (χ3n) is 4.14. The van der Waals surface area contributed by atoms with E-state index in [9.17, 15) is 4.79 Å². The van der Waals surface area contributed by atoms with Crippen LogP contribution in [0.15, 0.2) is 71.3 Å². The maximum absolute atomic E-state index is 12.5. The molecule has 0 atom stereocenters. The average Bonchev–Trinajstić information content (AvgIpc) is 3.21. The van der Waals surface area contributed by atoms with Crippen molar-refractivity contribution in [2.24, 2.45) is 0 Å². The van der Waals surface area contributed by atoms with Crippen molar-refractivity contribution in [1.29, 1.82) is 0 Å². The normalized spacial score (nSPS) is 10.7. The third-order valence-corrected chi connectivity index (χ3v) is 5.09. The highest BCUT2D eigenvalue weighted by molar-refractivity contribution is 7.80. The number of rotatable bonds is 3. The molecule has 0 bridgehead atoms. The first-order valence-corrected chi connectivity index (χ1v) is 9.69. The molecule has 0 spiro atoms. The highest BCUT2D eigenvalue weighted by atomic mass is 35.5. The van der Waals surface area contributed by atoms with Crippen molar-refractivity contribution in [3.05, 3.63) is 82.7 Å². The molecule has 2 heterocycles. The quantitative estimate of drug-likeness (QED) is 0.385. The maximum atomic E-state index is 12.5. The third kappa shape index (κ3) is 4.24. The van der Waals surface area contributed by atoms with E-state index in [0.717, 1.165) is 10.9 Å². The van der Waals surface area contributed by atoms with Gasteiger partial charge in [-0.1, -0.05) is 41.4 Å². The lowest BCUT2D eigenvalue weighted by Crippen LogP contribution is -2.33. The molecule has 144 valence electrons. The van der Waals surface area contributed by atoms with Gasteiger partial charge in [0.15, 0.2) is 10.9 Å². The SMILES string of the molecule is O=C(NC(=S)Nc1cccc2cccnc12)c1ccc(-c2ccc(Cl)c(Cl)c2)o1. The summed E-state index contributed by atoms with van der Waals surface area (Å²) in [6, 6.07) is 17.8. The summed E-state index contributed by atoms with van der Waals surface area (Å²) in [5.74, 6) is 0.138. The summed E-state index contributed by atoms with van der Waals surface area (Å²) in [5, 5.41) is 7.56. The minimum Gasteiger partial charge on any atom is -0.451 e. The number of nitrogens with one attached hydrogen (secondary N) is 2. The van der Waals surface area contributed by atoms with Gasteiger partial charge in [-0.05, 0) is 54.7 Å². The molecule has 0 aliphatic carbocycles. The second-order valence-electron chi connectivity index (χ2n) is 6.08. The van der Waals surface area contributed by atoms with Gasteiger partial charge in [-0.2, -0.15) is 0 Å². The zero-order valence-corrected chi connectivity index (χ0v) is 17.1. The molecule has 0 radical (unpaired) electrons. The average molecular weight is 442 g/mol. The highest BCUT2D eigenvalue weighted by Gasteiger charge is 2.15. The van der Waals surface area contributed by atoms with E-state index >= 15 is 0 Å². The monoisotopic (exact) mass is 441 g/mol. The number of benzene rings is 2. The van der Waals surface area contributed by atoms with Gasteiger partial charge < -0.3 is 9.73 Å². The lowest BCUT2D eigenvalue weighted by molar-refractivity contribution is 0.0951. The van der Waals surface area contributed by atoms with E-state index in [0.29, 0.717) is 27.1 Å². The van der Waals surface area contributed by atoms with E-state index in [2.05, 4.69) is 15.6 Å². The van der Waals surface area contributed by atoms with Crippen molar-refractivity contribution in [3.8, 4) is 11.3 Å². The van der Waals surface area contributed by atoms with E-state index in [1.807, 2.05) is 30.3 Å². The van der Waals surface area contributed by atoms with Gasteiger partial charge in [-0.25, -0.2) is 0 Å². The topological polar surface area (TPSA) is 67.2 Å². The molecule has 0 unspecified atom stereocenters. The maximum Gasteiger partial charge on any atom is 0.293 e. The molecule has 0 fully saturated rings. The summed E-state index contributed by atoms with van der Waals surface area (Å²) in [5.41, 5.74) is 2.16. The largest absolute Gasteiger partial charge is 0.451 e. The van der Waals surface area contributed by atoms with E-state index in [4.69, 9.17) is 39.8 Å². The predicted octanol–water partition coefficient (Wildman–Crippen LogP) is 5.93. The van der Waals surface area contributed by atoms with Crippen molar-refractivity contribution in [1.82, 2.24) is 10.3 Å². The van der Waals surface area contributed by atoms with Crippen molar-refractivity contribution in [3.63, 3.8) is 0 Å². The van der Waals surface area contributed by atoms with Crippen LogP contribution in [-0.4, -0.2) is 16.0 Å². The summed E-state index contributed by atoms with van der Waals surface area (Å²) in [6.07, 6.45) is 1.70. The number of thiocarbonyl (C=S) groups is 1. The lowest BCUT2D eigenvalue weighted by atomic mass is 10.2. The lowest BCUT2D eigenvalue weighted by Gasteiger charge is -2.10. The van der Waals surface area contributed by atoms with E-state index in [1.54, 1.807) is 36.5 Å². The van der Waals surface area contributed by atoms with E-state index in [-0.39, 0.29) is 10.9 Å². The van der Waals surface area contributed by atoms with Crippen molar-refractivity contribution in [2.75, 3.05) is 5.32 Å². The van der Waals surface area contributed by atoms with Crippen LogP contribution in [0, 0.1) is 0 Å². The van der Waals surface area contributed by atoms with Gasteiger partial charge in [0.1, 0.15) is 5.76 Å². The molecule has 0 saturated heterocycles. The summed E-state index contributed by atoms with van der Waals surface area (Å²) >= 11 is 17.2. The number of fused-ring (bicyclic) bond motifs is 1. The number of nitrogens with zero attached hydrogens (tertiary/aromatic N) is 1. The van der Waals surface area contributed by atoms with Crippen LogP contribution in [0.5, 0.6) is 0 Å². The summed E-state index contributed by atoms with van der Waals surface area (Å²) < 4.78 is 5.63. The zero-order chi connectivity index (χ0) is 20.4. The fourth-order valence-electron chi connectivity index (χ4n) is 2.79. The number of halogens is 2. The Balaban J connectivity index is 1.47. The van der Waals surface area contributed by atoms with Gasteiger partial charge in [0, 0.05) is 17.1 Å². The molecule has 1 amide bonds. The number of carbonyl (C=O) groups excluding carboxylic acids is 1. The highest BCUT2D eigenvalue weighted by Crippen LogP contribution is 2.29. The van der Waals surface area contributed by atoms with Gasteiger partial charge >= 0.3 is 0 Å². The first-order chi connectivity index (χ1) is 14.0. The smallest absolute Gasteiger partial charge is 0.293 e. The second-order valence-corrected chi connectivity index (χ2v) is 7.30. The van der Waals surface area contributed by atoms with Crippen LogP contribution in [0.1, 0.15) is 10.6 Å². The standard InChI is InChI=1S/C21H13Cl2N3O2S/c22-14-7-6-13(11-15(14)23)17-8-9-18(28-17)20(27)26-21(29)25-16-5-1-3-12-4-2-10-24-19(12)16/h1-11H,(H2,25,26,27,29). The van der Waals surface area contributed by atoms with Crippen LogP contribution in [-0.2, 0) is 0 Å². The van der Waals surface area contributed by atoms with E-state index < -0.39 is 5.91 Å². The Morgan fingerprint density at radius 3 is 2.66 bits per heavy atom. The number of furan rings is 1. The first kappa shape index (κ1) is 19.4. The Hall–Kier alpha value is -2.93. The molecule has 4 rings (SSSR count). The first-order valence-electron chi connectivity index (χ1n) is 8.52. The summed E-state index contributed by atoms with van der Waals surface area (Å²) in [7, 11) is 0. The molecular formula is C21H13Cl2N3O2S. The van der Waals surface area contributed by atoms with Crippen molar-refractivity contribution >= 4 is 63.0 Å².